The minimum atomic E-state index is -1.01. The number of hydrogen-bond acceptors (Lipinski definition) is 4. The number of nitrogens with one attached hydrogen (secondary N) is 1. The number of carboxylic acids is 1. The average molecular weight is 282 g/mol. The van der Waals surface area contributed by atoms with E-state index in [1.54, 1.807) is 13.0 Å². The fourth-order valence-electron chi connectivity index (χ4n) is 1.26. The van der Waals surface area contributed by atoms with E-state index in [1.807, 2.05) is 13.8 Å². The van der Waals surface area contributed by atoms with Crippen LogP contribution in [-0.4, -0.2) is 33.8 Å². The van der Waals surface area contributed by atoms with Gasteiger partial charge >= 0.3 is 5.97 Å². The van der Waals surface area contributed by atoms with Gasteiger partial charge in [-0.2, -0.15) is 0 Å². The Kier molecular flexibility index (Phi) is 5.82. The molecule has 1 unspecified atom stereocenters. The monoisotopic (exact) mass is 282 g/mol. The zero-order chi connectivity index (χ0) is 14.4. The van der Waals surface area contributed by atoms with E-state index in [-0.39, 0.29) is 16.7 Å². The smallest absolute Gasteiger partial charge is 0.337 e. The predicted molar refractivity (Wildman–Crippen MR) is 74.4 cm³/mol. The van der Waals surface area contributed by atoms with Crippen LogP contribution in [0.25, 0.3) is 0 Å². The SMILES string of the molecule is CC(C)CNC(=O)C(C)Sc1ccc(C(=O)O)cn1. The highest BCUT2D eigenvalue weighted by Gasteiger charge is 2.15. The molecule has 0 saturated heterocycles. The topological polar surface area (TPSA) is 79.3 Å². The van der Waals surface area contributed by atoms with Gasteiger partial charge in [-0.25, -0.2) is 9.78 Å². The summed E-state index contributed by atoms with van der Waals surface area (Å²) in [4.78, 5) is 26.5. The lowest BCUT2D eigenvalue weighted by Gasteiger charge is -2.12. The molecule has 0 aliphatic heterocycles. The van der Waals surface area contributed by atoms with Gasteiger partial charge in [-0.1, -0.05) is 25.6 Å². The molecular formula is C13H18N2O3S. The molecule has 0 radical (unpaired) electrons. The molecule has 19 heavy (non-hydrogen) atoms. The summed E-state index contributed by atoms with van der Waals surface area (Å²) in [7, 11) is 0. The lowest BCUT2D eigenvalue weighted by Crippen LogP contribution is -2.33. The average Bonchev–Trinajstić information content (AvgIpc) is 2.36. The van der Waals surface area contributed by atoms with Crippen LogP contribution in [0.15, 0.2) is 23.4 Å². The third-order valence-corrected chi connectivity index (χ3v) is 3.39. The van der Waals surface area contributed by atoms with Crippen LogP contribution in [0.4, 0.5) is 0 Å². The van der Waals surface area contributed by atoms with Gasteiger partial charge in [0.1, 0.15) is 0 Å². The van der Waals surface area contributed by atoms with Gasteiger partial charge < -0.3 is 10.4 Å². The number of pyridine rings is 1. The van der Waals surface area contributed by atoms with Crippen LogP contribution in [0.3, 0.4) is 0 Å². The first-order valence-electron chi connectivity index (χ1n) is 6.04. The lowest BCUT2D eigenvalue weighted by atomic mass is 10.2. The maximum Gasteiger partial charge on any atom is 0.337 e. The lowest BCUT2D eigenvalue weighted by molar-refractivity contribution is -0.120. The number of rotatable bonds is 6. The fourth-order valence-corrected chi connectivity index (χ4v) is 2.07. The minimum Gasteiger partial charge on any atom is -0.478 e. The van der Waals surface area contributed by atoms with Gasteiger partial charge in [0.15, 0.2) is 0 Å². The molecule has 1 heterocycles. The maximum absolute atomic E-state index is 11.8. The van der Waals surface area contributed by atoms with Crippen LogP contribution in [0.2, 0.25) is 0 Å². The molecule has 104 valence electrons. The van der Waals surface area contributed by atoms with Crippen LogP contribution in [0.1, 0.15) is 31.1 Å². The van der Waals surface area contributed by atoms with Crippen LogP contribution >= 0.6 is 11.8 Å². The normalized spacial score (nSPS) is 12.2. The van der Waals surface area contributed by atoms with Gasteiger partial charge in [0.05, 0.1) is 15.8 Å². The Hall–Kier alpha value is -1.56. The Balaban J connectivity index is 2.54. The largest absolute Gasteiger partial charge is 0.478 e. The summed E-state index contributed by atoms with van der Waals surface area (Å²) >= 11 is 1.31. The van der Waals surface area contributed by atoms with Crippen molar-refractivity contribution in [3.63, 3.8) is 0 Å². The van der Waals surface area contributed by atoms with Crippen LogP contribution < -0.4 is 5.32 Å². The molecule has 0 saturated carbocycles. The molecule has 1 amide bonds. The van der Waals surface area contributed by atoms with E-state index in [4.69, 9.17) is 5.11 Å². The predicted octanol–water partition coefficient (Wildman–Crippen LogP) is 2.03. The highest BCUT2D eigenvalue weighted by Crippen LogP contribution is 2.21. The van der Waals surface area contributed by atoms with E-state index in [2.05, 4.69) is 10.3 Å². The van der Waals surface area contributed by atoms with Gasteiger partial charge in [0.2, 0.25) is 5.91 Å². The number of carbonyl (C=O) groups excluding carboxylic acids is 1. The summed E-state index contributed by atoms with van der Waals surface area (Å²) in [6.07, 6.45) is 1.30. The molecule has 1 atom stereocenters. The van der Waals surface area contributed by atoms with Crippen LogP contribution in [0, 0.1) is 5.92 Å². The quantitative estimate of drug-likeness (QED) is 0.780. The van der Waals surface area contributed by atoms with Crippen molar-refractivity contribution < 1.29 is 14.7 Å². The van der Waals surface area contributed by atoms with Crippen LogP contribution in [0.5, 0.6) is 0 Å². The van der Waals surface area contributed by atoms with E-state index in [0.717, 1.165) is 0 Å². The molecule has 1 aromatic rings. The fraction of sp³-hybridized carbons (Fsp3) is 0.462. The zero-order valence-electron chi connectivity index (χ0n) is 11.2. The van der Waals surface area contributed by atoms with Crippen molar-refractivity contribution in [3.05, 3.63) is 23.9 Å². The summed E-state index contributed by atoms with van der Waals surface area (Å²) in [6.45, 7) is 6.51. The van der Waals surface area contributed by atoms with Crippen molar-refractivity contribution in [1.82, 2.24) is 10.3 Å². The number of aromatic nitrogens is 1. The molecule has 0 spiro atoms. The van der Waals surface area contributed by atoms with E-state index >= 15 is 0 Å². The zero-order valence-corrected chi connectivity index (χ0v) is 12.0. The summed E-state index contributed by atoms with van der Waals surface area (Å²) in [5.41, 5.74) is 0.140. The van der Waals surface area contributed by atoms with Crippen molar-refractivity contribution in [2.45, 2.75) is 31.0 Å². The van der Waals surface area contributed by atoms with Crippen LogP contribution in [-0.2, 0) is 4.79 Å². The second-order valence-corrected chi connectivity index (χ2v) is 5.95. The molecule has 1 aromatic heterocycles. The molecular weight excluding hydrogens is 264 g/mol. The highest BCUT2D eigenvalue weighted by molar-refractivity contribution is 8.00. The van der Waals surface area contributed by atoms with E-state index < -0.39 is 5.97 Å². The molecule has 5 nitrogen and oxygen atoms in total. The number of carbonyl (C=O) groups is 2. The summed E-state index contributed by atoms with van der Waals surface area (Å²) in [5, 5.41) is 12.0. The first-order valence-corrected chi connectivity index (χ1v) is 6.92. The Bertz CT molecular complexity index is 446. The Morgan fingerprint density at radius 1 is 1.37 bits per heavy atom. The Morgan fingerprint density at radius 3 is 2.53 bits per heavy atom. The molecule has 0 bridgehead atoms. The van der Waals surface area contributed by atoms with E-state index in [9.17, 15) is 9.59 Å². The number of amides is 1. The standard InChI is InChI=1S/C13H18N2O3S/c1-8(2)6-15-12(16)9(3)19-11-5-4-10(7-14-11)13(17)18/h4-5,7-9H,6H2,1-3H3,(H,15,16)(H,17,18). The first kappa shape index (κ1) is 15.5. The van der Waals surface area contributed by atoms with Gasteiger partial charge in [0, 0.05) is 12.7 Å². The molecule has 2 N–H and O–H groups in total. The summed E-state index contributed by atoms with van der Waals surface area (Å²) < 4.78 is 0. The Morgan fingerprint density at radius 2 is 2.05 bits per heavy atom. The van der Waals surface area contributed by atoms with Crippen molar-refractivity contribution in [1.29, 1.82) is 0 Å². The highest BCUT2D eigenvalue weighted by atomic mass is 32.2. The molecule has 0 aliphatic rings. The van der Waals surface area contributed by atoms with Crippen molar-refractivity contribution in [3.8, 4) is 0 Å². The molecule has 0 aromatic carbocycles. The van der Waals surface area contributed by atoms with Gasteiger partial charge in [-0.15, -0.1) is 0 Å². The number of aromatic carboxylic acids is 1. The van der Waals surface area contributed by atoms with E-state index in [0.29, 0.717) is 17.5 Å². The number of hydrogen-bond donors (Lipinski definition) is 2. The maximum atomic E-state index is 11.8. The van der Waals surface area contributed by atoms with Crippen molar-refractivity contribution in [2.24, 2.45) is 5.92 Å². The van der Waals surface area contributed by atoms with Crippen molar-refractivity contribution in [2.75, 3.05) is 6.54 Å². The summed E-state index contributed by atoms with van der Waals surface area (Å²) in [6, 6.07) is 3.09. The molecule has 0 fully saturated rings. The van der Waals surface area contributed by atoms with E-state index in [1.165, 1.54) is 24.0 Å². The third-order valence-electron chi connectivity index (χ3n) is 2.33. The third kappa shape index (κ3) is 5.30. The summed E-state index contributed by atoms with van der Waals surface area (Å²) in [5.74, 6) is -0.635. The van der Waals surface area contributed by atoms with Crippen molar-refractivity contribution >= 4 is 23.6 Å². The minimum absolute atomic E-state index is 0.0391. The van der Waals surface area contributed by atoms with Gasteiger partial charge in [-0.3, -0.25) is 4.79 Å². The molecule has 0 aliphatic carbocycles. The van der Waals surface area contributed by atoms with Gasteiger partial charge in [-0.05, 0) is 25.0 Å². The Labute approximate surface area is 116 Å². The molecule has 1 rings (SSSR count). The van der Waals surface area contributed by atoms with Gasteiger partial charge in [0.25, 0.3) is 0 Å². The second-order valence-electron chi connectivity index (χ2n) is 4.59. The number of thioether (sulfide) groups is 1. The number of nitrogens with zero attached hydrogens (tertiary/aromatic N) is 1. The first-order chi connectivity index (χ1) is 8.90. The second kappa shape index (κ2) is 7.13. The number of carboxylic acid groups (broad SMARTS) is 1. The molecule has 6 heteroatoms.